The molecule has 1 aliphatic heterocycles. The second-order valence-corrected chi connectivity index (χ2v) is 4.68. The van der Waals surface area contributed by atoms with Gasteiger partial charge in [0.2, 0.25) is 5.91 Å². The fourth-order valence-corrected chi connectivity index (χ4v) is 2.15. The van der Waals surface area contributed by atoms with Crippen LogP contribution in [0.4, 0.5) is 5.69 Å². The third kappa shape index (κ3) is 4.03. The van der Waals surface area contributed by atoms with Crippen molar-refractivity contribution in [3.8, 4) is 0 Å². The Morgan fingerprint density at radius 1 is 1.37 bits per heavy atom. The van der Waals surface area contributed by atoms with Crippen LogP contribution in [0.3, 0.4) is 0 Å². The highest BCUT2D eigenvalue weighted by Crippen LogP contribution is 2.17. The van der Waals surface area contributed by atoms with Gasteiger partial charge in [-0.25, -0.2) is 9.78 Å². The van der Waals surface area contributed by atoms with E-state index in [4.69, 9.17) is 5.11 Å². The molecule has 0 bridgehead atoms. The van der Waals surface area contributed by atoms with Gasteiger partial charge in [-0.3, -0.25) is 4.79 Å². The highest BCUT2D eigenvalue weighted by atomic mass is 16.4. The van der Waals surface area contributed by atoms with Crippen molar-refractivity contribution >= 4 is 17.6 Å². The average molecular weight is 263 g/mol. The fraction of sp³-hybridized carbons (Fsp3) is 0.462. The van der Waals surface area contributed by atoms with Gasteiger partial charge in [-0.2, -0.15) is 0 Å². The van der Waals surface area contributed by atoms with Crippen molar-refractivity contribution in [2.24, 2.45) is 5.92 Å². The summed E-state index contributed by atoms with van der Waals surface area (Å²) in [5, 5.41) is 14.7. The summed E-state index contributed by atoms with van der Waals surface area (Å²) >= 11 is 0. The van der Waals surface area contributed by atoms with Crippen LogP contribution in [0.15, 0.2) is 18.3 Å². The zero-order valence-electron chi connectivity index (χ0n) is 10.6. The molecule has 0 aromatic carbocycles. The summed E-state index contributed by atoms with van der Waals surface area (Å²) in [4.78, 5) is 26.2. The number of hydrogen-bond donors (Lipinski definition) is 3. The fourth-order valence-electron chi connectivity index (χ4n) is 2.15. The topological polar surface area (TPSA) is 91.3 Å². The molecule has 1 amide bonds. The molecule has 0 radical (unpaired) electrons. The number of aromatic nitrogens is 1. The molecule has 2 heterocycles. The van der Waals surface area contributed by atoms with Crippen LogP contribution in [0.5, 0.6) is 0 Å². The quantitative estimate of drug-likeness (QED) is 0.757. The summed E-state index contributed by atoms with van der Waals surface area (Å²) in [6.45, 7) is 1.93. The maximum Gasteiger partial charge on any atom is 0.354 e. The molecule has 3 N–H and O–H groups in total. The van der Waals surface area contributed by atoms with Crippen LogP contribution in [0.1, 0.15) is 29.8 Å². The van der Waals surface area contributed by atoms with Crippen LogP contribution in [0, 0.1) is 5.92 Å². The Labute approximate surface area is 111 Å². The minimum absolute atomic E-state index is 0.0312. The molecule has 1 aromatic heterocycles. The number of carboxylic acid groups (broad SMARTS) is 1. The van der Waals surface area contributed by atoms with E-state index in [1.807, 2.05) is 0 Å². The maximum atomic E-state index is 11.8. The molecule has 0 atom stereocenters. The molecule has 6 nitrogen and oxygen atoms in total. The lowest BCUT2D eigenvalue weighted by Crippen LogP contribution is -2.30. The SMILES string of the molecule is O=C(CC1CCNCC1)Nc1ccc(C(=O)O)nc1. The Hall–Kier alpha value is -1.95. The number of amides is 1. The van der Waals surface area contributed by atoms with E-state index in [9.17, 15) is 9.59 Å². The number of piperidine rings is 1. The first-order chi connectivity index (χ1) is 9.15. The Balaban J connectivity index is 1.85. The molecular weight excluding hydrogens is 246 g/mol. The molecule has 1 fully saturated rings. The van der Waals surface area contributed by atoms with Gasteiger partial charge in [0.1, 0.15) is 5.69 Å². The van der Waals surface area contributed by atoms with Gasteiger partial charge in [0.25, 0.3) is 0 Å². The second kappa shape index (κ2) is 6.29. The summed E-state index contributed by atoms with van der Waals surface area (Å²) in [7, 11) is 0. The van der Waals surface area contributed by atoms with Gasteiger partial charge in [0, 0.05) is 6.42 Å². The monoisotopic (exact) mass is 263 g/mol. The number of pyridine rings is 1. The van der Waals surface area contributed by atoms with Gasteiger partial charge in [0.15, 0.2) is 0 Å². The van der Waals surface area contributed by atoms with Crippen LogP contribution in [-0.2, 0) is 4.79 Å². The van der Waals surface area contributed by atoms with Crippen molar-refractivity contribution in [3.63, 3.8) is 0 Å². The lowest BCUT2D eigenvalue weighted by molar-refractivity contribution is -0.117. The van der Waals surface area contributed by atoms with E-state index >= 15 is 0 Å². The third-order valence-corrected chi connectivity index (χ3v) is 3.20. The molecule has 1 aliphatic rings. The number of rotatable bonds is 4. The zero-order valence-corrected chi connectivity index (χ0v) is 10.6. The van der Waals surface area contributed by atoms with Gasteiger partial charge in [0.05, 0.1) is 11.9 Å². The molecule has 6 heteroatoms. The normalized spacial score (nSPS) is 16.0. The van der Waals surface area contributed by atoms with Gasteiger partial charge in [-0.1, -0.05) is 0 Å². The molecule has 2 rings (SSSR count). The molecule has 0 unspecified atom stereocenters. The lowest BCUT2D eigenvalue weighted by atomic mass is 9.94. The van der Waals surface area contributed by atoms with Gasteiger partial charge in [-0.05, 0) is 44.0 Å². The largest absolute Gasteiger partial charge is 0.477 e. The summed E-state index contributed by atoms with van der Waals surface area (Å²) in [5.41, 5.74) is 0.500. The Morgan fingerprint density at radius 3 is 2.68 bits per heavy atom. The smallest absolute Gasteiger partial charge is 0.354 e. The van der Waals surface area contributed by atoms with E-state index in [1.54, 1.807) is 6.07 Å². The van der Waals surface area contributed by atoms with Gasteiger partial charge >= 0.3 is 5.97 Å². The van der Waals surface area contributed by atoms with Crippen molar-refractivity contribution in [2.75, 3.05) is 18.4 Å². The molecule has 1 aromatic rings. The number of nitrogens with one attached hydrogen (secondary N) is 2. The number of hydrogen-bond acceptors (Lipinski definition) is 4. The predicted molar refractivity (Wildman–Crippen MR) is 70.0 cm³/mol. The van der Waals surface area contributed by atoms with Crippen LogP contribution in [0.25, 0.3) is 0 Å². The first-order valence-electron chi connectivity index (χ1n) is 6.35. The van der Waals surface area contributed by atoms with Gasteiger partial charge in [-0.15, -0.1) is 0 Å². The molecule has 1 saturated heterocycles. The van der Waals surface area contributed by atoms with Crippen molar-refractivity contribution < 1.29 is 14.7 Å². The predicted octanol–water partition coefficient (Wildman–Crippen LogP) is 1.11. The maximum absolute atomic E-state index is 11.8. The number of carbonyl (C=O) groups excluding carboxylic acids is 1. The van der Waals surface area contributed by atoms with E-state index in [0.717, 1.165) is 25.9 Å². The van der Waals surface area contributed by atoms with Crippen LogP contribution >= 0.6 is 0 Å². The number of anilines is 1. The van der Waals surface area contributed by atoms with Crippen molar-refractivity contribution in [2.45, 2.75) is 19.3 Å². The van der Waals surface area contributed by atoms with Crippen molar-refractivity contribution in [1.29, 1.82) is 0 Å². The lowest BCUT2D eigenvalue weighted by Gasteiger charge is -2.21. The molecule has 0 spiro atoms. The van der Waals surface area contributed by atoms with E-state index in [-0.39, 0.29) is 11.6 Å². The summed E-state index contributed by atoms with van der Waals surface area (Å²) in [6, 6.07) is 2.93. The van der Waals surface area contributed by atoms with E-state index in [0.29, 0.717) is 18.0 Å². The highest BCUT2D eigenvalue weighted by molar-refractivity contribution is 5.91. The first-order valence-corrected chi connectivity index (χ1v) is 6.35. The van der Waals surface area contributed by atoms with Crippen molar-refractivity contribution in [3.05, 3.63) is 24.0 Å². The Kier molecular flexibility index (Phi) is 4.46. The first kappa shape index (κ1) is 13.5. The molecule has 0 saturated carbocycles. The average Bonchev–Trinajstić information content (AvgIpc) is 2.40. The van der Waals surface area contributed by atoms with Crippen molar-refractivity contribution in [1.82, 2.24) is 10.3 Å². The third-order valence-electron chi connectivity index (χ3n) is 3.20. The number of nitrogens with zero attached hydrogens (tertiary/aromatic N) is 1. The van der Waals surface area contributed by atoms with Crippen LogP contribution < -0.4 is 10.6 Å². The van der Waals surface area contributed by atoms with Crippen LogP contribution in [0.2, 0.25) is 0 Å². The van der Waals surface area contributed by atoms with E-state index < -0.39 is 5.97 Å². The Morgan fingerprint density at radius 2 is 2.11 bits per heavy atom. The summed E-state index contributed by atoms with van der Waals surface area (Å²) in [5.74, 6) is -0.697. The number of carboxylic acids is 1. The molecular formula is C13H17N3O3. The number of carbonyl (C=O) groups is 2. The second-order valence-electron chi connectivity index (χ2n) is 4.68. The summed E-state index contributed by atoms with van der Waals surface area (Å²) < 4.78 is 0. The zero-order chi connectivity index (χ0) is 13.7. The standard InChI is InChI=1S/C13H17N3O3/c17-12(7-9-3-5-14-6-4-9)16-10-1-2-11(13(18)19)15-8-10/h1-2,8-9,14H,3-7H2,(H,16,17)(H,18,19). The molecule has 0 aliphatic carbocycles. The summed E-state index contributed by atoms with van der Waals surface area (Å²) in [6.07, 6.45) is 3.90. The number of aromatic carboxylic acids is 1. The minimum atomic E-state index is -1.08. The van der Waals surface area contributed by atoms with Crippen LogP contribution in [-0.4, -0.2) is 35.1 Å². The van der Waals surface area contributed by atoms with E-state index in [1.165, 1.54) is 12.3 Å². The minimum Gasteiger partial charge on any atom is -0.477 e. The highest BCUT2D eigenvalue weighted by Gasteiger charge is 2.16. The molecule has 102 valence electrons. The van der Waals surface area contributed by atoms with E-state index in [2.05, 4.69) is 15.6 Å². The Bertz CT molecular complexity index is 453. The molecule has 19 heavy (non-hydrogen) atoms. The van der Waals surface area contributed by atoms with Gasteiger partial charge < -0.3 is 15.7 Å².